The van der Waals surface area contributed by atoms with Crippen LogP contribution in [0.15, 0.2) is 11.7 Å². The highest BCUT2D eigenvalue weighted by molar-refractivity contribution is 7.12. The second kappa shape index (κ2) is 6.05. The zero-order chi connectivity index (χ0) is 16.7. The fourth-order valence-corrected chi connectivity index (χ4v) is 4.74. The van der Waals surface area contributed by atoms with Crippen LogP contribution in [0.4, 0.5) is 0 Å². The number of H-pyrrole nitrogens is 1. The third-order valence-corrected chi connectivity index (χ3v) is 5.99. The maximum absolute atomic E-state index is 13.2. The third kappa shape index (κ3) is 2.43. The van der Waals surface area contributed by atoms with Crippen molar-refractivity contribution < 1.29 is 14.3 Å². The molecule has 2 aliphatic rings. The van der Waals surface area contributed by atoms with Gasteiger partial charge in [-0.25, -0.2) is 9.78 Å². The number of amides is 1. The summed E-state index contributed by atoms with van der Waals surface area (Å²) in [4.78, 5) is 35.1. The predicted octanol–water partition coefficient (Wildman–Crippen LogP) is 2.09. The predicted molar refractivity (Wildman–Crippen MR) is 88.9 cm³/mol. The summed E-state index contributed by atoms with van der Waals surface area (Å²) < 4.78 is 4.92. The third-order valence-electron chi connectivity index (χ3n) is 4.93. The van der Waals surface area contributed by atoms with Crippen molar-refractivity contribution in [2.24, 2.45) is 0 Å². The number of rotatable bonds is 2. The zero-order valence-electron chi connectivity index (χ0n) is 13.5. The van der Waals surface area contributed by atoms with E-state index in [-0.39, 0.29) is 11.9 Å². The average molecular weight is 345 g/mol. The number of carbonyl (C=O) groups is 2. The van der Waals surface area contributed by atoms with Gasteiger partial charge >= 0.3 is 5.97 Å². The molecular formula is C17H19N3O3S. The van der Waals surface area contributed by atoms with Crippen molar-refractivity contribution in [2.75, 3.05) is 7.11 Å². The topological polar surface area (TPSA) is 75.3 Å². The van der Waals surface area contributed by atoms with Crippen LogP contribution >= 0.6 is 11.3 Å². The highest BCUT2D eigenvalue weighted by Gasteiger charge is 2.38. The molecule has 0 aromatic carbocycles. The number of ether oxygens (including phenoxy) is 1. The minimum absolute atomic E-state index is 0.0706. The maximum atomic E-state index is 13.2. The molecule has 0 saturated carbocycles. The zero-order valence-corrected chi connectivity index (χ0v) is 14.3. The van der Waals surface area contributed by atoms with Gasteiger partial charge in [-0.2, -0.15) is 0 Å². The number of nitrogens with zero attached hydrogens (tertiary/aromatic N) is 2. The number of thiophene rings is 1. The van der Waals surface area contributed by atoms with E-state index in [1.165, 1.54) is 36.0 Å². The molecule has 7 heteroatoms. The van der Waals surface area contributed by atoms with Crippen molar-refractivity contribution in [3.8, 4) is 0 Å². The summed E-state index contributed by atoms with van der Waals surface area (Å²) in [5, 5.41) is 2.10. The van der Waals surface area contributed by atoms with Crippen LogP contribution in [0.3, 0.4) is 0 Å². The van der Waals surface area contributed by atoms with E-state index < -0.39 is 6.04 Å². The lowest BCUT2D eigenvalue weighted by molar-refractivity contribution is -0.146. The number of esters is 1. The molecule has 3 heterocycles. The normalized spacial score (nSPS) is 19.5. The van der Waals surface area contributed by atoms with Crippen LogP contribution in [-0.4, -0.2) is 39.9 Å². The van der Waals surface area contributed by atoms with Crippen molar-refractivity contribution >= 4 is 23.2 Å². The van der Waals surface area contributed by atoms with Gasteiger partial charge in [0.15, 0.2) is 0 Å². The Kier molecular flexibility index (Phi) is 3.88. The number of aryl methyl sites for hydroxylation is 1. The van der Waals surface area contributed by atoms with E-state index in [4.69, 9.17) is 4.74 Å². The van der Waals surface area contributed by atoms with Crippen LogP contribution in [0.5, 0.6) is 0 Å². The van der Waals surface area contributed by atoms with Crippen LogP contribution in [0.2, 0.25) is 0 Å². The van der Waals surface area contributed by atoms with Gasteiger partial charge in [0.05, 0.1) is 36.2 Å². The molecule has 24 heavy (non-hydrogen) atoms. The van der Waals surface area contributed by atoms with E-state index in [1.54, 1.807) is 11.2 Å². The van der Waals surface area contributed by atoms with E-state index in [2.05, 4.69) is 15.3 Å². The number of carbonyl (C=O) groups excluding carboxylic acids is 2. The quantitative estimate of drug-likeness (QED) is 0.846. The Morgan fingerprint density at radius 2 is 2.21 bits per heavy atom. The van der Waals surface area contributed by atoms with Gasteiger partial charge in [0.2, 0.25) is 0 Å². The van der Waals surface area contributed by atoms with Gasteiger partial charge in [0, 0.05) is 6.42 Å². The van der Waals surface area contributed by atoms with Crippen LogP contribution in [-0.2, 0) is 35.3 Å². The molecule has 126 valence electrons. The summed E-state index contributed by atoms with van der Waals surface area (Å²) >= 11 is 1.50. The maximum Gasteiger partial charge on any atom is 0.329 e. The van der Waals surface area contributed by atoms with Crippen molar-refractivity contribution in [3.05, 3.63) is 39.1 Å². The highest BCUT2D eigenvalue weighted by atomic mass is 32.1. The van der Waals surface area contributed by atoms with E-state index in [0.717, 1.165) is 35.5 Å². The van der Waals surface area contributed by atoms with Gasteiger partial charge in [0.25, 0.3) is 5.91 Å². The summed E-state index contributed by atoms with van der Waals surface area (Å²) in [6.07, 6.45) is 6.31. The largest absolute Gasteiger partial charge is 0.467 e. The van der Waals surface area contributed by atoms with Crippen molar-refractivity contribution in [3.63, 3.8) is 0 Å². The standard InChI is InChI=1S/C17H19N3O3S/c1-23-17(22)14-6-12-13(19-9-18-12)7-20(14)16(21)15-11-5-3-2-4-10(11)8-24-15/h8-9,14H,2-7H2,1H3,(H,18,19). The fourth-order valence-electron chi connectivity index (χ4n) is 3.63. The number of imidazole rings is 1. The number of hydrogen-bond acceptors (Lipinski definition) is 5. The first-order valence-electron chi connectivity index (χ1n) is 8.18. The number of aromatic amines is 1. The Morgan fingerprint density at radius 3 is 3.04 bits per heavy atom. The molecule has 2 aromatic heterocycles. The lowest BCUT2D eigenvalue weighted by atomic mass is 9.93. The highest BCUT2D eigenvalue weighted by Crippen LogP contribution is 2.32. The minimum Gasteiger partial charge on any atom is -0.467 e. The van der Waals surface area contributed by atoms with Crippen LogP contribution in [0.25, 0.3) is 0 Å². The Hall–Kier alpha value is -2.15. The smallest absolute Gasteiger partial charge is 0.329 e. The molecule has 1 amide bonds. The minimum atomic E-state index is -0.611. The summed E-state index contributed by atoms with van der Waals surface area (Å²) in [7, 11) is 1.36. The lowest BCUT2D eigenvalue weighted by Crippen LogP contribution is -2.49. The fraction of sp³-hybridized carbons (Fsp3) is 0.471. The molecule has 2 aromatic rings. The van der Waals surface area contributed by atoms with Crippen molar-refractivity contribution in [1.29, 1.82) is 0 Å². The first kappa shape index (κ1) is 15.4. The van der Waals surface area contributed by atoms with Crippen LogP contribution in [0, 0.1) is 0 Å². The number of fused-ring (bicyclic) bond motifs is 2. The first-order chi connectivity index (χ1) is 11.7. The van der Waals surface area contributed by atoms with Crippen molar-refractivity contribution in [1.82, 2.24) is 14.9 Å². The average Bonchev–Trinajstić information content (AvgIpc) is 3.25. The molecule has 0 radical (unpaired) electrons. The summed E-state index contributed by atoms with van der Waals surface area (Å²) in [6, 6.07) is -0.611. The first-order valence-corrected chi connectivity index (χ1v) is 9.06. The molecule has 1 aliphatic heterocycles. The van der Waals surface area contributed by atoms with Gasteiger partial charge in [-0.15, -0.1) is 11.3 Å². The number of methoxy groups -OCH3 is 1. The van der Waals surface area contributed by atoms with Crippen LogP contribution in [0.1, 0.15) is 45.0 Å². The molecular weight excluding hydrogens is 326 g/mol. The molecule has 4 rings (SSSR count). The monoisotopic (exact) mass is 345 g/mol. The second-order valence-electron chi connectivity index (χ2n) is 6.28. The molecule has 1 aliphatic carbocycles. The number of nitrogens with one attached hydrogen (secondary N) is 1. The van der Waals surface area contributed by atoms with E-state index in [1.807, 2.05) is 0 Å². The Morgan fingerprint density at radius 1 is 1.38 bits per heavy atom. The van der Waals surface area contributed by atoms with Gasteiger partial charge in [-0.3, -0.25) is 4.79 Å². The number of aromatic nitrogens is 2. The molecule has 1 N–H and O–H groups in total. The molecule has 0 bridgehead atoms. The van der Waals surface area contributed by atoms with E-state index in [0.29, 0.717) is 13.0 Å². The Bertz CT molecular complexity index is 795. The molecule has 0 saturated heterocycles. The SMILES string of the molecule is COC(=O)C1Cc2nc[nH]c2CN1C(=O)c1scc2c1CCCC2. The molecule has 0 fully saturated rings. The van der Waals surface area contributed by atoms with Gasteiger partial charge in [-0.1, -0.05) is 0 Å². The summed E-state index contributed by atoms with van der Waals surface area (Å²) in [5.74, 6) is -0.457. The Balaban J connectivity index is 1.69. The van der Waals surface area contributed by atoms with Crippen molar-refractivity contribution in [2.45, 2.75) is 44.7 Å². The molecule has 6 nitrogen and oxygen atoms in total. The summed E-state index contributed by atoms with van der Waals surface area (Å²) in [5.41, 5.74) is 4.20. The molecule has 1 unspecified atom stereocenters. The van der Waals surface area contributed by atoms with E-state index in [9.17, 15) is 9.59 Å². The van der Waals surface area contributed by atoms with Crippen LogP contribution < -0.4 is 0 Å². The lowest BCUT2D eigenvalue weighted by Gasteiger charge is -2.33. The summed E-state index contributed by atoms with van der Waals surface area (Å²) in [6.45, 7) is 0.362. The molecule has 0 spiro atoms. The van der Waals surface area contributed by atoms with Gasteiger partial charge in [0.1, 0.15) is 6.04 Å². The molecule has 1 atom stereocenters. The van der Waals surface area contributed by atoms with Gasteiger partial charge in [-0.05, 0) is 42.2 Å². The van der Waals surface area contributed by atoms with Gasteiger partial charge < -0.3 is 14.6 Å². The second-order valence-corrected chi connectivity index (χ2v) is 7.16. The van der Waals surface area contributed by atoms with E-state index >= 15 is 0 Å². The number of hydrogen-bond donors (Lipinski definition) is 1. The Labute approximate surface area is 143 Å².